The molecule has 4 heteroatoms. The third-order valence-electron chi connectivity index (χ3n) is 3.00. The first-order valence-corrected chi connectivity index (χ1v) is 5.98. The first-order valence-electron chi connectivity index (χ1n) is 5.98. The van der Waals surface area contributed by atoms with Crippen LogP contribution >= 0.6 is 0 Å². The first kappa shape index (κ1) is 12.2. The highest BCUT2D eigenvalue weighted by molar-refractivity contribution is 5.39. The zero-order valence-electron chi connectivity index (χ0n) is 10.1. The molecular formula is C13H19NO3. The van der Waals surface area contributed by atoms with Crippen molar-refractivity contribution in [3.8, 4) is 11.5 Å². The number of rotatable bonds is 5. The van der Waals surface area contributed by atoms with Crippen molar-refractivity contribution in [2.75, 3.05) is 20.3 Å². The molecule has 0 radical (unpaired) electrons. The maximum Gasteiger partial charge on any atom is 0.120 e. The molecule has 2 rings (SSSR count). The molecular weight excluding hydrogens is 218 g/mol. The third kappa shape index (κ3) is 3.35. The van der Waals surface area contributed by atoms with Gasteiger partial charge in [-0.25, -0.2) is 0 Å². The van der Waals surface area contributed by atoms with Gasteiger partial charge in [-0.15, -0.1) is 0 Å². The quantitative estimate of drug-likeness (QED) is 0.818. The van der Waals surface area contributed by atoms with Gasteiger partial charge in [-0.05, 0) is 31.0 Å². The third-order valence-corrected chi connectivity index (χ3v) is 3.00. The molecule has 1 aromatic rings. The van der Waals surface area contributed by atoms with Crippen LogP contribution in [0.1, 0.15) is 18.4 Å². The van der Waals surface area contributed by atoms with Crippen molar-refractivity contribution in [3.63, 3.8) is 0 Å². The molecule has 94 valence electrons. The van der Waals surface area contributed by atoms with Gasteiger partial charge < -0.3 is 19.9 Å². The average molecular weight is 237 g/mol. The van der Waals surface area contributed by atoms with Crippen LogP contribution in [0, 0.1) is 0 Å². The zero-order valence-corrected chi connectivity index (χ0v) is 10.1. The summed E-state index contributed by atoms with van der Waals surface area (Å²) in [5.74, 6) is 1.06. The Morgan fingerprint density at radius 2 is 2.41 bits per heavy atom. The second-order valence-corrected chi connectivity index (χ2v) is 4.26. The number of phenols is 1. The van der Waals surface area contributed by atoms with E-state index in [9.17, 15) is 5.11 Å². The Hall–Kier alpha value is -1.26. The summed E-state index contributed by atoms with van der Waals surface area (Å²) < 4.78 is 10.6. The number of ether oxygens (including phenoxy) is 2. The Kier molecular flexibility index (Phi) is 4.23. The Balaban J connectivity index is 1.84. The number of hydrogen-bond donors (Lipinski definition) is 2. The number of methoxy groups -OCH3 is 1. The van der Waals surface area contributed by atoms with Crippen molar-refractivity contribution >= 4 is 0 Å². The topological polar surface area (TPSA) is 50.7 Å². The first-order chi connectivity index (χ1) is 8.29. The molecule has 1 unspecified atom stereocenters. The van der Waals surface area contributed by atoms with E-state index in [1.807, 2.05) is 6.07 Å². The summed E-state index contributed by atoms with van der Waals surface area (Å²) in [6.07, 6.45) is 2.59. The molecule has 1 aromatic carbocycles. The lowest BCUT2D eigenvalue weighted by atomic mass is 10.2. The standard InChI is InChI=1S/C13H19NO3/c1-16-11-4-5-13(15)10(7-11)8-14-9-12-3-2-6-17-12/h4-5,7,12,14-15H,2-3,6,8-9H2,1H3. The van der Waals surface area contributed by atoms with Crippen LogP contribution in [-0.4, -0.2) is 31.5 Å². The fraction of sp³-hybridized carbons (Fsp3) is 0.538. The van der Waals surface area contributed by atoms with E-state index in [-0.39, 0.29) is 0 Å². The number of phenolic OH excluding ortho intramolecular Hbond substituents is 1. The van der Waals surface area contributed by atoms with Crippen molar-refractivity contribution in [2.24, 2.45) is 0 Å². The van der Waals surface area contributed by atoms with E-state index >= 15 is 0 Å². The number of hydrogen-bond acceptors (Lipinski definition) is 4. The van der Waals surface area contributed by atoms with E-state index in [1.165, 1.54) is 0 Å². The smallest absolute Gasteiger partial charge is 0.120 e. The highest BCUT2D eigenvalue weighted by atomic mass is 16.5. The minimum absolute atomic E-state index is 0.297. The summed E-state index contributed by atoms with van der Waals surface area (Å²) in [4.78, 5) is 0. The van der Waals surface area contributed by atoms with Crippen LogP contribution in [0.15, 0.2) is 18.2 Å². The zero-order chi connectivity index (χ0) is 12.1. The highest BCUT2D eigenvalue weighted by Gasteiger charge is 2.14. The minimum Gasteiger partial charge on any atom is -0.508 e. The second-order valence-electron chi connectivity index (χ2n) is 4.26. The van der Waals surface area contributed by atoms with Gasteiger partial charge in [0.05, 0.1) is 13.2 Å². The summed E-state index contributed by atoms with van der Waals surface area (Å²) in [6.45, 7) is 2.33. The fourth-order valence-corrected chi connectivity index (χ4v) is 2.00. The van der Waals surface area contributed by atoms with Gasteiger partial charge >= 0.3 is 0 Å². The van der Waals surface area contributed by atoms with Crippen molar-refractivity contribution in [1.29, 1.82) is 0 Å². The van der Waals surface area contributed by atoms with E-state index in [2.05, 4.69) is 5.32 Å². The molecule has 1 heterocycles. The van der Waals surface area contributed by atoms with Crippen molar-refractivity contribution in [3.05, 3.63) is 23.8 Å². The Bertz CT molecular complexity index is 362. The van der Waals surface area contributed by atoms with E-state index in [4.69, 9.17) is 9.47 Å². The summed E-state index contributed by atoms with van der Waals surface area (Å²) in [7, 11) is 1.62. The van der Waals surface area contributed by atoms with E-state index in [1.54, 1.807) is 19.2 Å². The molecule has 0 amide bonds. The predicted octanol–water partition coefficient (Wildman–Crippen LogP) is 1.67. The second kappa shape index (κ2) is 5.89. The van der Waals surface area contributed by atoms with Crippen molar-refractivity contribution in [1.82, 2.24) is 5.32 Å². The van der Waals surface area contributed by atoms with Gasteiger partial charge in [0, 0.05) is 25.3 Å². The molecule has 1 fully saturated rings. The van der Waals surface area contributed by atoms with Crippen molar-refractivity contribution < 1.29 is 14.6 Å². The predicted molar refractivity (Wildman–Crippen MR) is 65.3 cm³/mol. The lowest BCUT2D eigenvalue weighted by molar-refractivity contribution is 0.110. The molecule has 1 atom stereocenters. The van der Waals surface area contributed by atoms with Crippen molar-refractivity contribution in [2.45, 2.75) is 25.5 Å². The lowest BCUT2D eigenvalue weighted by Crippen LogP contribution is -2.25. The van der Waals surface area contributed by atoms with Gasteiger partial charge in [0.1, 0.15) is 11.5 Å². The van der Waals surface area contributed by atoms with E-state index < -0.39 is 0 Å². The molecule has 17 heavy (non-hydrogen) atoms. The maximum absolute atomic E-state index is 9.70. The number of nitrogens with one attached hydrogen (secondary N) is 1. The molecule has 1 aliphatic rings. The summed E-state index contributed by atoms with van der Waals surface area (Å²) >= 11 is 0. The maximum atomic E-state index is 9.70. The lowest BCUT2D eigenvalue weighted by Gasteiger charge is -2.12. The Labute approximate surface area is 102 Å². The molecule has 1 saturated heterocycles. The molecule has 0 aliphatic carbocycles. The van der Waals surface area contributed by atoms with Gasteiger partial charge in [-0.1, -0.05) is 0 Å². The Morgan fingerprint density at radius 3 is 3.12 bits per heavy atom. The SMILES string of the molecule is COc1ccc(O)c(CNCC2CCCO2)c1. The highest BCUT2D eigenvalue weighted by Crippen LogP contribution is 2.22. The summed E-state index contributed by atoms with van der Waals surface area (Å²) in [5, 5.41) is 13.0. The summed E-state index contributed by atoms with van der Waals surface area (Å²) in [6, 6.07) is 5.25. The number of benzene rings is 1. The van der Waals surface area contributed by atoms with Gasteiger partial charge in [-0.2, -0.15) is 0 Å². The fourth-order valence-electron chi connectivity index (χ4n) is 2.00. The molecule has 0 spiro atoms. The average Bonchev–Trinajstić information content (AvgIpc) is 2.84. The molecule has 2 N–H and O–H groups in total. The Morgan fingerprint density at radius 1 is 1.53 bits per heavy atom. The van der Waals surface area contributed by atoms with Gasteiger partial charge in [-0.3, -0.25) is 0 Å². The molecule has 4 nitrogen and oxygen atoms in total. The van der Waals surface area contributed by atoms with Crippen LogP contribution in [0.25, 0.3) is 0 Å². The van der Waals surface area contributed by atoms with Crippen LogP contribution < -0.4 is 10.1 Å². The van der Waals surface area contributed by atoms with Gasteiger partial charge in [0.25, 0.3) is 0 Å². The largest absolute Gasteiger partial charge is 0.508 e. The molecule has 1 aliphatic heterocycles. The van der Waals surface area contributed by atoms with Gasteiger partial charge in [0.15, 0.2) is 0 Å². The van der Waals surface area contributed by atoms with E-state index in [0.29, 0.717) is 18.4 Å². The van der Waals surface area contributed by atoms with Crippen LogP contribution in [0.4, 0.5) is 0 Å². The van der Waals surface area contributed by atoms with Crippen LogP contribution in [0.3, 0.4) is 0 Å². The normalized spacial score (nSPS) is 19.5. The molecule has 0 aromatic heterocycles. The monoisotopic (exact) mass is 237 g/mol. The number of aromatic hydroxyl groups is 1. The molecule has 0 saturated carbocycles. The van der Waals surface area contributed by atoms with Crippen LogP contribution in [0.2, 0.25) is 0 Å². The van der Waals surface area contributed by atoms with Gasteiger partial charge in [0.2, 0.25) is 0 Å². The van der Waals surface area contributed by atoms with E-state index in [0.717, 1.165) is 37.3 Å². The summed E-state index contributed by atoms with van der Waals surface area (Å²) in [5.41, 5.74) is 0.849. The van der Waals surface area contributed by atoms with Crippen LogP contribution in [-0.2, 0) is 11.3 Å². The molecule has 0 bridgehead atoms. The minimum atomic E-state index is 0.297. The van der Waals surface area contributed by atoms with Crippen LogP contribution in [0.5, 0.6) is 11.5 Å².